The van der Waals surface area contributed by atoms with Crippen LogP contribution in [0, 0.1) is 0 Å². The van der Waals surface area contributed by atoms with Gasteiger partial charge in [0, 0.05) is 6.42 Å². The molecule has 2 heterocycles. The Morgan fingerprint density at radius 3 is 2.58 bits per heavy atom. The SMILES string of the molecule is COc1ccc([C@@H]2C[C@@H](C(F)(F)F)n3nc(CO)c(Cl)c3N2)cc1OC. The molecule has 2 aromatic rings. The summed E-state index contributed by atoms with van der Waals surface area (Å²) >= 11 is 6.10. The van der Waals surface area contributed by atoms with Gasteiger partial charge in [0.1, 0.15) is 16.5 Å². The molecular weight excluding hydrogens is 375 g/mol. The molecule has 0 saturated carbocycles. The third kappa shape index (κ3) is 3.16. The second kappa shape index (κ2) is 6.88. The maximum atomic E-state index is 13.6. The van der Waals surface area contributed by atoms with Crippen molar-refractivity contribution in [1.82, 2.24) is 9.78 Å². The summed E-state index contributed by atoms with van der Waals surface area (Å²) in [6, 6.07) is 2.38. The molecule has 0 unspecified atom stereocenters. The smallest absolute Gasteiger partial charge is 0.410 e. The number of nitrogens with one attached hydrogen (secondary N) is 1. The molecule has 0 aliphatic carbocycles. The number of aliphatic hydroxyl groups is 1. The van der Waals surface area contributed by atoms with Crippen LogP contribution in [0.25, 0.3) is 0 Å². The van der Waals surface area contributed by atoms with Crippen LogP contribution in [0.2, 0.25) is 5.02 Å². The number of nitrogens with zero attached hydrogens (tertiary/aromatic N) is 2. The number of hydrogen-bond donors (Lipinski definition) is 2. The third-order valence-electron chi connectivity index (χ3n) is 4.32. The molecule has 2 atom stereocenters. The van der Waals surface area contributed by atoms with E-state index in [1.807, 2.05) is 0 Å². The number of benzene rings is 1. The highest BCUT2D eigenvalue weighted by Crippen LogP contribution is 2.46. The lowest BCUT2D eigenvalue weighted by atomic mass is 9.96. The first kappa shape index (κ1) is 18.7. The fraction of sp³-hybridized carbons (Fsp3) is 0.438. The van der Waals surface area contributed by atoms with Gasteiger partial charge < -0.3 is 19.9 Å². The Bertz CT molecular complexity index is 810. The van der Waals surface area contributed by atoms with Gasteiger partial charge in [0.15, 0.2) is 17.5 Å². The highest BCUT2D eigenvalue weighted by molar-refractivity contribution is 6.33. The number of alkyl halides is 3. The first-order valence-corrected chi connectivity index (χ1v) is 8.10. The molecule has 142 valence electrons. The minimum Gasteiger partial charge on any atom is -0.493 e. The van der Waals surface area contributed by atoms with Crippen molar-refractivity contribution < 1.29 is 27.8 Å². The second-order valence-corrected chi connectivity index (χ2v) is 6.19. The van der Waals surface area contributed by atoms with Crippen molar-refractivity contribution in [2.24, 2.45) is 0 Å². The standard InChI is InChI=1S/C16H17ClF3N3O3/c1-25-11-4-3-8(5-12(11)26-2)9-6-13(16(18,19)20)23-15(21-9)14(17)10(7-24)22-23/h3-5,9,13,21,24H,6-7H2,1-2H3/t9-,13-/m0/s1. The van der Waals surface area contributed by atoms with Gasteiger partial charge in [-0.1, -0.05) is 17.7 Å². The van der Waals surface area contributed by atoms with Crippen LogP contribution >= 0.6 is 11.6 Å². The zero-order valence-electron chi connectivity index (χ0n) is 14.0. The van der Waals surface area contributed by atoms with Crippen LogP contribution < -0.4 is 14.8 Å². The molecule has 2 N–H and O–H groups in total. The van der Waals surface area contributed by atoms with Gasteiger partial charge in [-0.05, 0) is 17.7 Å². The average molecular weight is 392 g/mol. The Hall–Kier alpha value is -2.13. The highest BCUT2D eigenvalue weighted by atomic mass is 35.5. The number of aromatic nitrogens is 2. The molecule has 3 rings (SSSR count). The van der Waals surface area contributed by atoms with E-state index in [-0.39, 0.29) is 23.0 Å². The first-order valence-electron chi connectivity index (χ1n) is 7.73. The van der Waals surface area contributed by atoms with Crippen molar-refractivity contribution in [3.8, 4) is 11.5 Å². The van der Waals surface area contributed by atoms with Crippen molar-refractivity contribution in [1.29, 1.82) is 0 Å². The molecule has 1 aliphatic heterocycles. The van der Waals surface area contributed by atoms with Gasteiger partial charge in [-0.15, -0.1) is 0 Å². The minimum absolute atomic E-state index is 0.00335. The quantitative estimate of drug-likeness (QED) is 0.831. The number of hydrogen-bond acceptors (Lipinski definition) is 5. The molecule has 0 amide bonds. The topological polar surface area (TPSA) is 68.5 Å². The summed E-state index contributed by atoms with van der Waals surface area (Å²) in [5.41, 5.74) is 0.586. The van der Waals surface area contributed by atoms with Gasteiger partial charge >= 0.3 is 6.18 Å². The summed E-state index contributed by atoms with van der Waals surface area (Å²) in [6.07, 6.45) is -4.80. The normalized spacial score (nSPS) is 19.7. The largest absolute Gasteiger partial charge is 0.493 e. The van der Waals surface area contributed by atoms with Crippen LogP contribution in [-0.4, -0.2) is 35.3 Å². The van der Waals surface area contributed by atoms with Crippen molar-refractivity contribution in [2.45, 2.75) is 31.3 Å². The van der Waals surface area contributed by atoms with E-state index in [4.69, 9.17) is 21.1 Å². The maximum Gasteiger partial charge on any atom is 0.410 e. The molecule has 0 bridgehead atoms. The Balaban J connectivity index is 2.04. The van der Waals surface area contributed by atoms with Crippen molar-refractivity contribution in [2.75, 3.05) is 19.5 Å². The number of aliphatic hydroxyl groups excluding tert-OH is 1. The summed E-state index contributed by atoms with van der Waals surface area (Å²) < 4.78 is 51.9. The average Bonchev–Trinajstić information content (AvgIpc) is 2.95. The lowest BCUT2D eigenvalue weighted by Gasteiger charge is -2.33. The van der Waals surface area contributed by atoms with E-state index in [9.17, 15) is 18.3 Å². The Kier molecular flexibility index (Phi) is 4.94. The van der Waals surface area contributed by atoms with E-state index in [0.717, 1.165) is 4.68 Å². The molecule has 1 aromatic heterocycles. The van der Waals surface area contributed by atoms with E-state index in [0.29, 0.717) is 17.1 Å². The van der Waals surface area contributed by atoms with Gasteiger partial charge in [-0.2, -0.15) is 18.3 Å². The van der Waals surface area contributed by atoms with Crippen LogP contribution in [-0.2, 0) is 6.61 Å². The van der Waals surface area contributed by atoms with E-state index < -0.39 is 24.9 Å². The number of halogens is 4. The summed E-state index contributed by atoms with van der Waals surface area (Å²) in [5.74, 6) is 0.922. The lowest BCUT2D eigenvalue weighted by molar-refractivity contribution is -0.173. The second-order valence-electron chi connectivity index (χ2n) is 5.82. The first-order chi connectivity index (χ1) is 12.3. The molecule has 26 heavy (non-hydrogen) atoms. The molecule has 6 nitrogen and oxygen atoms in total. The molecule has 0 fully saturated rings. The van der Waals surface area contributed by atoms with E-state index in [1.165, 1.54) is 14.2 Å². The predicted molar refractivity (Wildman–Crippen MR) is 88.8 cm³/mol. The van der Waals surface area contributed by atoms with Gasteiger partial charge in [0.25, 0.3) is 0 Å². The van der Waals surface area contributed by atoms with E-state index in [1.54, 1.807) is 18.2 Å². The highest BCUT2D eigenvalue weighted by Gasteiger charge is 2.47. The van der Waals surface area contributed by atoms with E-state index in [2.05, 4.69) is 10.4 Å². The number of methoxy groups -OCH3 is 2. The molecule has 0 radical (unpaired) electrons. The summed E-state index contributed by atoms with van der Waals surface area (Å²) in [6.45, 7) is -0.549. The molecule has 10 heteroatoms. The van der Waals surface area contributed by atoms with Crippen LogP contribution in [0.1, 0.15) is 29.8 Å². The van der Waals surface area contributed by atoms with E-state index >= 15 is 0 Å². The molecule has 0 saturated heterocycles. The monoisotopic (exact) mass is 391 g/mol. The van der Waals surface area contributed by atoms with Crippen molar-refractivity contribution in [3.05, 3.63) is 34.5 Å². The Morgan fingerprint density at radius 1 is 1.31 bits per heavy atom. The Labute approximate surface area is 152 Å². The predicted octanol–water partition coefficient (Wildman–Crippen LogP) is 3.71. The van der Waals surface area contributed by atoms with Crippen molar-refractivity contribution in [3.63, 3.8) is 0 Å². The summed E-state index contributed by atoms with van der Waals surface area (Å²) in [5, 5.41) is 16.0. The molecular formula is C16H17ClF3N3O3. The number of ether oxygens (including phenoxy) is 2. The number of fused-ring (bicyclic) bond motifs is 1. The van der Waals surface area contributed by atoms with Gasteiger partial charge in [-0.25, -0.2) is 4.68 Å². The molecule has 1 aromatic carbocycles. The Morgan fingerprint density at radius 2 is 2.00 bits per heavy atom. The number of anilines is 1. The fourth-order valence-electron chi connectivity index (χ4n) is 3.03. The molecule has 0 spiro atoms. The van der Waals surface area contributed by atoms with Gasteiger partial charge in [-0.3, -0.25) is 0 Å². The number of rotatable bonds is 4. The minimum atomic E-state index is -4.52. The maximum absolute atomic E-state index is 13.6. The lowest BCUT2D eigenvalue weighted by Crippen LogP contribution is -2.35. The van der Waals surface area contributed by atoms with Gasteiger partial charge in [0.05, 0.1) is 26.9 Å². The van der Waals surface area contributed by atoms with Crippen LogP contribution in [0.5, 0.6) is 11.5 Å². The third-order valence-corrected chi connectivity index (χ3v) is 4.72. The van der Waals surface area contributed by atoms with Crippen molar-refractivity contribution >= 4 is 17.4 Å². The summed E-state index contributed by atoms with van der Waals surface area (Å²) in [4.78, 5) is 0. The zero-order chi connectivity index (χ0) is 19.1. The fourth-order valence-corrected chi connectivity index (χ4v) is 3.26. The molecule has 1 aliphatic rings. The van der Waals surface area contributed by atoms with Crippen LogP contribution in [0.3, 0.4) is 0 Å². The van der Waals surface area contributed by atoms with Crippen LogP contribution in [0.4, 0.5) is 19.0 Å². The zero-order valence-corrected chi connectivity index (χ0v) is 14.7. The summed E-state index contributed by atoms with van der Waals surface area (Å²) in [7, 11) is 2.93. The van der Waals surface area contributed by atoms with Gasteiger partial charge in [0.2, 0.25) is 0 Å². The van der Waals surface area contributed by atoms with Crippen LogP contribution in [0.15, 0.2) is 18.2 Å².